The number of aryl methyl sites for hydroxylation is 1. The number of methoxy groups -OCH3 is 1. The number of nitrogens with one attached hydrogen (secondary N) is 1. The number of carbonyl (C=O) groups excluding carboxylic acids is 2. The Morgan fingerprint density at radius 3 is 2.45 bits per heavy atom. The summed E-state index contributed by atoms with van der Waals surface area (Å²) in [4.78, 5) is 42.6. The summed E-state index contributed by atoms with van der Waals surface area (Å²) in [5.41, 5.74) is 3.66. The summed E-state index contributed by atoms with van der Waals surface area (Å²) in [6.45, 7) is 4.33. The number of aliphatic hydroxyl groups is 1. The summed E-state index contributed by atoms with van der Waals surface area (Å²) >= 11 is 0. The maximum atomic E-state index is 14.3. The molecule has 11 heteroatoms. The molecular formula is C36H47N5O6. The van der Waals surface area contributed by atoms with E-state index < -0.39 is 12.2 Å². The first-order valence-corrected chi connectivity index (χ1v) is 17.1. The minimum Gasteiger partial charge on any atom is -0.495 e. The molecule has 0 aliphatic heterocycles. The molecule has 252 valence electrons. The number of nitrogens with zero attached hydrogens (tertiary/aromatic N) is 4. The molecule has 0 bridgehead atoms. The van der Waals surface area contributed by atoms with Gasteiger partial charge in [-0.05, 0) is 108 Å². The summed E-state index contributed by atoms with van der Waals surface area (Å²) in [6.07, 6.45) is 10.8. The smallest absolute Gasteiger partial charge is 0.407 e. The number of rotatable bonds is 11. The quantitative estimate of drug-likeness (QED) is 0.246. The van der Waals surface area contributed by atoms with Gasteiger partial charge < -0.3 is 24.3 Å². The zero-order valence-electron chi connectivity index (χ0n) is 27.7. The van der Waals surface area contributed by atoms with Crippen LogP contribution in [-0.2, 0) is 9.53 Å². The highest BCUT2D eigenvalue weighted by Crippen LogP contribution is 2.41. The van der Waals surface area contributed by atoms with Gasteiger partial charge >= 0.3 is 6.09 Å². The van der Waals surface area contributed by atoms with Crippen LogP contribution in [0.1, 0.15) is 100 Å². The molecule has 1 atom stereocenters. The van der Waals surface area contributed by atoms with Crippen molar-refractivity contribution in [1.82, 2.24) is 20.3 Å². The third-order valence-corrected chi connectivity index (χ3v) is 9.86. The van der Waals surface area contributed by atoms with Crippen molar-refractivity contribution in [3.8, 4) is 17.0 Å². The van der Waals surface area contributed by atoms with E-state index in [-0.39, 0.29) is 24.5 Å². The number of hydrogen-bond donors (Lipinski definition) is 2. The molecule has 47 heavy (non-hydrogen) atoms. The average molecular weight is 646 g/mol. The van der Waals surface area contributed by atoms with Crippen molar-refractivity contribution in [3.05, 3.63) is 54.0 Å². The zero-order chi connectivity index (χ0) is 32.9. The first-order chi connectivity index (χ1) is 22.8. The summed E-state index contributed by atoms with van der Waals surface area (Å²) < 4.78 is 16.7. The van der Waals surface area contributed by atoms with Crippen molar-refractivity contribution >= 4 is 17.8 Å². The predicted octanol–water partition coefficient (Wildman–Crippen LogP) is 6.30. The highest BCUT2D eigenvalue weighted by Gasteiger charge is 2.35. The molecule has 0 saturated heterocycles. The van der Waals surface area contributed by atoms with Gasteiger partial charge in [0.15, 0.2) is 5.89 Å². The fourth-order valence-electron chi connectivity index (χ4n) is 6.94. The van der Waals surface area contributed by atoms with E-state index in [2.05, 4.69) is 11.4 Å². The first kappa shape index (κ1) is 32.9. The fourth-order valence-corrected chi connectivity index (χ4v) is 6.94. The van der Waals surface area contributed by atoms with Crippen molar-refractivity contribution in [2.75, 3.05) is 25.1 Å². The van der Waals surface area contributed by atoms with Crippen LogP contribution in [-0.4, -0.2) is 64.5 Å². The molecule has 11 nitrogen and oxygen atoms in total. The second kappa shape index (κ2) is 14.8. The molecule has 3 heterocycles. The molecule has 0 aromatic carbocycles. The van der Waals surface area contributed by atoms with Gasteiger partial charge in [0.2, 0.25) is 5.91 Å². The molecular weight excluding hydrogens is 598 g/mol. The molecule has 3 aliphatic rings. The van der Waals surface area contributed by atoms with E-state index >= 15 is 0 Å². The van der Waals surface area contributed by atoms with E-state index in [0.717, 1.165) is 72.8 Å². The number of alkyl carbamates (subject to hydrolysis) is 1. The Labute approximate surface area is 276 Å². The second-order valence-corrected chi connectivity index (χ2v) is 13.5. The van der Waals surface area contributed by atoms with Gasteiger partial charge in [-0.2, -0.15) is 0 Å². The Morgan fingerprint density at radius 2 is 1.77 bits per heavy atom. The number of pyridine rings is 2. The Balaban J connectivity index is 1.14. The van der Waals surface area contributed by atoms with Gasteiger partial charge in [0.1, 0.15) is 29.6 Å². The van der Waals surface area contributed by atoms with Gasteiger partial charge in [-0.1, -0.05) is 0 Å². The lowest BCUT2D eigenvalue weighted by Gasteiger charge is -2.35. The summed E-state index contributed by atoms with van der Waals surface area (Å²) in [6, 6.07) is 7.97. The third-order valence-electron chi connectivity index (χ3n) is 9.86. The van der Waals surface area contributed by atoms with E-state index in [4.69, 9.17) is 28.8 Å². The largest absolute Gasteiger partial charge is 0.495 e. The summed E-state index contributed by atoms with van der Waals surface area (Å²) in [5, 5.41) is 12.0. The van der Waals surface area contributed by atoms with E-state index in [1.54, 1.807) is 26.5 Å². The van der Waals surface area contributed by atoms with Crippen LogP contribution in [0.5, 0.6) is 5.75 Å². The van der Waals surface area contributed by atoms with Crippen LogP contribution >= 0.6 is 0 Å². The standard InChI is InChI=1S/C36H47N5O6/c1-22(42)19-38-36(44)47-29-12-10-27(11-13-29)35(43)41(33-18-28(16-17-37-33)31-21-46-34(40-31)26-8-9-26)20-24-4-6-25(7-5-24)30-14-15-32(45-3)23(2)39-30/h14-18,21-22,24-27,29,42H,4-13,19-20H2,1-3H3,(H,38,44)/t22-,24?,25?,27?,29?/m0/s1. The number of ether oxygens (including phenoxy) is 2. The lowest BCUT2D eigenvalue weighted by atomic mass is 9.79. The molecule has 0 spiro atoms. The van der Waals surface area contributed by atoms with Gasteiger partial charge in [0.25, 0.3) is 0 Å². The fraction of sp³-hybridized carbons (Fsp3) is 0.583. The molecule has 0 radical (unpaired) electrons. The van der Waals surface area contributed by atoms with E-state index in [1.165, 1.54) is 0 Å². The molecule has 2 amide bonds. The molecule has 3 aromatic heterocycles. The highest BCUT2D eigenvalue weighted by molar-refractivity contribution is 5.94. The topological polar surface area (TPSA) is 140 Å². The Morgan fingerprint density at radius 1 is 1.02 bits per heavy atom. The Hall–Kier alpha value is -3.99. The maximum absolute atomic E-state index is 14.3. The molecule has 3 aromatic rings. The van der Waals surface area contributed by atoms with Crippen molar-refractivity contribution in [1.29, 1.82) is 0 Å². The van der Waals surface area contributed by atoms with Gasteiger partial charge in [-0.3, -0.25) is 14.7 Å². The van der Waals surface area contributed by atoms with Gasteiger partial charge in [0.05, 0.1) is 18.9 Å². The number of aliphatic hydroxyl groups excluding tert-OH is 1. The number of aromatic nitrogens is 3. The van der Waals surface area contributed by atoms with Crippen LogP contribution in [0, 0.1) is 18.8 Å². The van der Waals surface area contributed by atoms with Crippen molar-refractivity contribution < 1.29 is 28.6 Å². The van der Waals surface area contributed by atoms with Gasteiger partial charge in [-0.25, -0.2) is 14.8 Å². The number of hydrogen-bond acceptors (Lipinski definition) is 9. The lowest BCUT2D eigenvalue weighted by molar-refractivity contribution is -0.124. The molecule has 0 unspecified atom stereocenters. The maximum Gasteiger partial charge on any atom is 0.407 e. The van der Waals surface area contributed by atoms with Crippen LogP contribution in [0.2, 0.25) is 0 Å². The second-order valence-electron chi connectivity index (χ2n) is 13.5. The highest BCUT2D eigenvalue weighted by atomic mass is 16.6. The molecule has 6 rings (SSSR count). The summed E-state index contributed by atoms with van der Waals surface area (Å²) in [7, 11) is 1.67. The average Bonchev–Trinajstić information content (AvgIpc) is 3.82. The number of amides is 2. The first-order valence-electron chi connectivity index (χ1n) is 17.1. The van der Waals surface area contributed by atoms with Crippen LogP contribution in [0.15, 0.2) is 41.1 Å². The number of carbonyl (C=O) groups is 2. The minimum absolute atomic E-state index is 0.0695. The number of anilines is 1. The van der Waals surface area contributed by atoms with Crippen LogP contribution < -0.4 is 15.0 Å². The number of oxazole rings is 1. The van der Waals surface area contributed by atoms with Gasteiger partial charge in [0, 0.05) is 48.3 Å². The third kappa shape index (κ3) is 8.30. The zero-order valence-corrected chi connectivity index (χ0v) is 27.7. The van der Waals surface area contributed by atoms with E-state index in [9.17, 15) is 14.7 Å². The van der Waals surface area contributed by atoms with E-state index in [1.807, 2.05) is 30.0 Å². The van der Waals surface area contributed by atoms with Crippen molar-refractivity contribution in [3.63, 3.8) is 0 Å². The minimum atomic E-state index is -0.642. The monoisotopic (exact) mass is 645 g/mol. The molecule has 3 fully saturated rings. The molecule has 3 saturated carbocycles. The van der Waals surface area contributed by atoms with Gasteiger partial charge in [-0.15, -0.1) is 0 Å². The molecule has 3 aliphatic carbocycles. The SMILES string of the molecule is COc1ccc(C2CCC(CN(C(=O)C3CCC(OC(=O)NC[C@H](C)O)CC3)c3cc(-c4coc(C5CC5)n4)ccn3)CC2)nc1C. The van der Waals surface area contributed by atoms with Crippen molar-refractivity contribution in [2.45, 2.75) is 102 Å². The van der Waals surface area contributed by atoms with E-state index in [0.29, 0.717) is 55.8 Å². The predicted molar refractivity (Wildman–Crippen MR) is 176 cm³/mol. The van der Waals surface area contributed by atoms with Crippen molar-refractivity contribution in [2.24, 2.45) is 11.8 Å². The normalized spacial score (nSPS) is 23.5. The lowest BCUT2D eigenvalue weighted by Crippen LogP contribution is -2.43. The Kier molecular flexibility index (Phi) is 10.4. The van der Waals surface area contributed by atoms with Crippen LogP contribution in [0.25, 0.3) is 11.3 Å². The summed E-state index contributed by atoms with van der Waals surface area (Å²) in [5.74, 6) is 3.25. The Bertz CT molecular complexity index is 1520. The van der Waals surface area contributed by atoms with Crippen LogP contribution in [0.4, 0.5) is 10.6 Å². The van der Waals surface area contributed by atoms with Crippen LogP contribution in [0.3, 0.4) is 0 Å². The molecule has 2 N–H and O–H groups in total.